The summed E-state index contributed by atoms with van der Waals surface area (Å²) in [6.07, 6.45) is 0. The molecule has 166 valence electrons. The molecule has 0 fully saturated rings. The predicted molar refractivity (Wildman–Crippen MR) is 127 cm³/mol. The Morgan fingerprint density at radius 1 is 0.939 bits per heavy atom. The molecule has 1 aromatic heterocycles. The number of aromatic nitrogens is 3. The first-order chi connectivity index (χ1) is 16.0. The average molecular weight is 460 g/mol. The van der Waals surface area contributed by atoms with Gasteiger partial charge < -0.3 is 4.90 Å². The van der Waals surface area contributed by atoms with Gasteiger partial charge in [0, 0.05) is 37.5 Å². The molecule has 0 unspecified atom stereocenters. The van der Waals surface area contributed by atoms with Crippen LogP contribution in [-0.4, -0.2) is 44.6 Å². The molecule has 1 amide bonds. The Balaban J connectivity index is 1.81. The zero-order chi connectivity index (χ0) is 23.4. The van der Waals surface area contributed by atoms with Gasteiger partial charge in [-0.15, -0.1) is 10.2 Å². The highest BCUT2D eigenvalue weighted by molar-refractivity contribution is 8.00. The fraction of sp³-hybridized carbons (Fsp3) is 0.125. The van der Waals surface area contributed by atoms with E-state index >= 15 is 0 Å². The Hall–Kier alpha value is -3.98. The highest BCUT2D eigenvalue weighted by atomic mass is 32.2. The summed E-state index contributed by atoms with van der Waals surface area (Å²) >= 11 is 1.31. The molecule has 1 heterocycles. The van der Waals surface area contributed by atoms with Crippen LogP contribution in [0.25, 0.3) is 17.1 Å². The van der Waals surface area contributed by atoms with Gasteiger partial charge in [-0.2, -0.15) is 0 Å². The number of non-ortho nitro benzene ring substituents is 1. The predicted octanol–water partition coefficient (Wildman–Crippen LogP) is 4.76. The van der Waals surface area contributed by atoms with E-state index in [0.29, 0.717) is 16.5 Å². The third-order valence-corrected chi connectivity index (χ3v) is 6.16. The van der Waals surface area contributed by atoms with Crippen molar-refractivity contribution in [3.8, 4) is 17.1 Å². The zero-order valence-corrected chi connectivity index (χ0v) is 18.8. The summed E-state index contributed by atoms with van der Waals surface area (Å²) in [7, 11) is 3.45. The van der Waals surface area contributed by atoms with Gasteiger partial charge in [0.2, 0.25) is 5.91 Å². The van der Waals surface area contributed by atoms with Crippen LogP contribution in [0.2, 0.25) is 0 Å². The number of amides is 1. The van der Waals surface area contributed by atoms with Crippen molar-refractivity contribution in [2.45, 2.75) is 10.4 Å². The molecule has 0 N–H and O–H groups in total. The van der Waals surface area contributed by atoms with Crippen molar-refractivity contribution in [3.05, 3.63) is 101 Å². The molecule has 0 radical (unpaired) electrons. The molecule has 1 atom stereocenters. The summed E-state index contributed by atoms with van der Waals surface area (Å²) in [6, 6.07) is 25.3. The van der Waals surface area contributed by atoms with Gasteiger partial charge in [-0.3, -0.25) is 19.5 Å². The van der Waals surface area contributed by atoms with Crippen LogP contribution in [0.1, 0.15) is 10.8 Å². The van der Waals surface area contributed by atoms with Gasteiger partial charge in [0.15, 0.2) is 11.0 Å². The molecular formula is C24H21N5O3S. The minimum absolute atomic E-state index is 0.000142. The van der Waals surface area contributed by atoms with Crippen molar-refractivity contribution >= 4 is 23.4 Å². The molecular weight excluding hydrogens is 438 g/mol. The van der Waals surface area contributed by atoms with Crippen LogP contribution in [-0.2, 0) is 4.79 Å². The van der Waals surface area contributed by atoms with Crippen molar-refractivity contribution < 1.29 is 9.72 Å². The summed E-state index contributed by atoms with van der Waals surface area (Å²) in [5.74, 6) is 0.466. The second-order valence-corrected chi connectivity index (χ2v) is 8.49. The fourth-order valence-electron chi connectivity index (χ4n) is 3.30. The summed E-state index contributed by atoms with van der Waals surface area (Å²) in [4.78, 5) is 25.2. The lowest BCUT2D eigenvalue weighted by Crippen LogP contribution is -2.27. The number of likely N-dealkylation sites (N-methyl/N-ethyl adjacent to an activating group) is 1. The van der Waals surface area contributed by atoms with Gasteiger partial charge in [0.1, 0.15) is 5.25 Å². The van der Waals surface area contributed by atoms with Crippen molar-refractivity contribution in [2.24, 2.45) is 0 Å². The molecule has 33 heavy (non-hydrogen) atoms. The van der Waals surface area contributed by atoms with Gasteiger partial charge in [0.25, 0.3) is 5.69 Å². The number of thioether (sulfide) groups is 1. The largest absolute Gasteiger partial charge is 0.348 e. The van der Waals surface area contributed by atoms with E-state index in [2.05, 4.69) is 10.2 Å². The number of carbonyl (C=O) groups excluding carboxylic acids is 1. The van der Waals surface area contributed by atoms with Gasteiger partial charge in [-0.05, 0) is 29.8 Å². The number of rotatable bonds is 7. The van der Waals surface area contributed by atoms with Gasteiger partial charge in [-0.1, -0.05) is 60.3 Å². The first-order valence-corrected chi connectivity index (χ1v) is 11.0. The lowest BCUT2D eigenvalue weighted by atomic mass is 10.1. The van der Waals surface area contributed by atoms with E-state index in [4.69, 9.17) is 0 Å². The second-order valence-electron chi connectivity index (χ2n) is 7.42. The smallest absolute Gasteiger partial charge is 0.269 e. The molecule has 0 saturated carbocycles. The highest BCUT2D eigenvalue weighted by Gasteiger charge is 2.27. The zero-order valence-electron chi connectivity index (χ0n) is 18.0. The number of nitrogens with zero attached hydrogens (tertiary/aromatic N) is 5. The number of hydrogen-bond donors (Lipinski definition) is 0. The molecule has 4 aromatic rings. The van der Waals surface area contributed by atoms with Crippen molar-refractivity contribution in [1.29, 1.82) is 0 Å². The molecule has 4 rings (SSSR count). The first-order valence-electron chi connectivity index (χ1n) is 10.1. The Morgan fingerprint density at radius 3 is 2.12 bits per heavy atom. The summed E-state index contributed by atoms with van der Waals surface area (Å²) in [6.45, 7) is 0. The Labute approximate surface area is 195 Å². The van der Waals surface area contributed by atoms with Crippen LogP contribution < -0.4 is 0 Å². The van der Waals surface area contributed by atoms with E-state index in [-0.39, 0.29) is 11.6 Å². The topological polar surface area (TPSA) is 94.2 Å². The Morgan fingerprint density at radius 2 is 1.55 bits per heavy atom. The molecule has 0 aliphatic rings. The third-order valence-electron chi connectivity index (χ3n) is 4.97. The fourth-order valence-corrected chi connectivity index (χ4v) is 4.50. The van der Waals surface area contributed by atoms with Crippen LogP contribution in [0.4, 0.5) is 5.69 Å². The first kappa shape index (κ1) is 22.2. The maximum absolute atomic E-state index is 13.1. The number of nitro groups is 1. The number of para-hydroxylation sites is 1. The van der Waals surface area contributed by atoms with E-state index < -0.39 is 10.2 Å². The van der Waals surface area contributed by atoms with E-state index in [0.717, 1.165) is 11.3 Å². The number of benzene rings is 3. The highest BCUT2D eigenvalue weighted by Crippen LogP contribution is 2.38. The summed E-state index contributed by atoms with van der Waals surface area (Å²) < 4.78 is 1.87. The summed E-state index contributed by atoms with van der Waals surface area (Å²) in [5, 5.41) is 19.9. The summed E-state index contributed by atoms with van der Waals surface area (Å²) in [5.41, 5.74) is 2.36. The average Bonchev–Trinajstić information content (AvgIpc) is 3.26. The molecule has 0 bridgehead atoms. The second kappa shape index (κ2) is 9.66. The standard InChI is InChI=1S/C24H21N5O3S/c1-27(2)23(30)21(17-9-5-3-6-10-17)33-24-26-25-22(28(24)19-11-7-4-8-12-19)18-13-15-20(16-14-18)29(31)32/h3-16,21H,1-2H3/t21-/m1/s1. The van der Waals surface area contributed by atoms with Crippen molar-refractivity contribution in [1.82, 2.24) is 19.7 Å². The quantitative estimate of drug-likeness (QED) is 0.225. The maximum Gasteiger partial charge on any atom is 0.269 e. The normalized spacial score (nSPS) is 11.7. The minimum atomic E-state index is -0.516. The number of nitro benzene ring substituents is 1. The lowest BCUT2D eigenvalue weighted by molar-refractivity contribution is -0.384. The van der Waals surface area contributed by atoms with Crippen LogP contribution >= 0.6 is 11.8 Å². The SMILES string of the molecule is CN(C)C(=O)[C@H](Sc1nnc(-c2ccc([N+](=O)[O-])cc2)n1-c1ccccc1)c1ccccc1. The minimum Gasteiger partial charge on any atom is -0.348 e. The molecule has 8 nitrogen and oxygen atoms in total. The van der Waals surface area contributed by atoms with Gasteiger partial charge in [0.05, 0.1) is 4.92 Å². The Bertz CT molecular complexity index is 1260. The van der Waals surface area contributed by atoms with Gasteiger partial charge >= 0.3 is 0 Å². The van der Waals surface area contributed by atoms with Crippen LogP contribution in [0.3, 0.4) is 0 Å². The molecule has 0 aliphatic carbocycles. The van der Waals surface area contributed by atoms with E-state index in [1.807, 2.05) is 65.2 Å². The molecule has 0 saturated heterocycles. The third kappa shape index (κ3) is 4.78. The van der Waals surface area contributed by atoms with E-state index in [1.54, 1.807) is 31.1 Å². The number of carbonyl (C=O) groups is 1. The van der Waals surface area contributed by atoms with Crippen LogP contribution in [0.5, 0.6) is 0 Å². The number of hydrogen-bond acceptors (Lipinski definition) is 6. The van der Waals surface area contributed by atoms with Crippen molar-refractivity contribution in [3.63, 3.8) is 0 Å². The maximum atomic E-state index is 13.1. The van der Waals surface area contributed by atoms with Crippen LogP contribution in [0, 0.1) is 10.1 Å². The van der Waals surface area contributed by atoms with Crippen LogP contribution in [0.15, 0.2) is 90.1 Å². The Kier molecular flexibility index (Phi) is 6.50. The van der Waals surface area contributed by atoms with Crippen molar-refractivity contribution in [2.75, 3.05) is 14.1 Å². The molecule has 9 heteroatoms. The molecule has 0 spiro atoms. The van der Waals surface area contributed by atoms with E-state index in [1.165, 1.54) is 23.9 Å². The lowest BCUT2D eigenvalue weighted by Gasteiger charge is -2.20. The van der Waals surface area contributed by atoms with Gasteiger partial charge in [-0.25, -0.2) is 0 Å². The molecule has 0 aliphatic heterocycles. The van der Waals surface area contributed by atoms with E-state index in [9.17, 15) is 14.9 Å². The monoisotopic (exact) mass is 459 g/mol. The molecule has 3 aromatic carbocycles.